The molecule has 30 heavy (non-hydrogen) atoms. The number of para-hydroxylation sites is 2. The van der Waals surface area contributed by atoms with Gasteiger partial charge in [-0.25, -0.2) is 0 Å². The van der Waals surface area contributed by atoms with Gasteiger partial charge in [0.05, 0.1) is 6.54 Å². The highest BCUT2D eigenvalue weighted by molar-refractivity contribution is 5.94. The van der Waals surface area contributed by atoms with Crippen LogP contribution in [0.1, 0.15) is 12.0 Å². The highest BCUT2D eigenvalue weighted by atomic mass is 16.5. The third kappa shape index (κ3) is 5.32. The van der Waals surface area contributed by atoms with Gasteiger partial charge >= 0.3 is 0 Å². The minimum absolute atomic E-state index is 0.0312. The van der Waals surface area contributed by atoms with Gasteiger partial charge in [0.1, 0.15) is 24.7 Å². The average molecular weight is 402 g/mol. The number of nitrogens with one attached hydrogen (secondary N) is 1. The Balaban J connectivity index is 1.27. The molecule has 1 amide bonds. The van der Waals surface area contributed by atoms with Crippen molar-refractivity contribution in [3.05, 3.63) is 84.4 Å². The van der Waals surface area contributed by atoms with Gasteiger partial charge in [0.25, 0.3) is 0 Å². The van der Waals surface area contributed by atoms with Crippen LogP contribution in [-0.4, -0.2) is 32.2 Å². The molecule has 3 aromatic carbocycles. The zero-order valence-corrected chi connectivity index (χ0v) is 16.9. The van der Waals surface area contributed by atoms with Crippen molar-refractivity contribution >= 4 is 17.3 Å². The lowest BCUT2D eigenvalue weighted by Crippen LogP contribution is -2.36. The molecule has 5 heteroatoms. The van der Waals surface area contributed by atoms with Crippen molar-refractivity contribution < 1.29 is 14.3 Å². The first-order valence-corrected chi connectivity index (χ1v) is 10.3. The van der Waals surface area contributed by atoms with Crippen LogP contribution in [0.25, 0.3) is 0 Å². The largest absolute Gasteiger partial charge is 0.490 e. The van der Waals surface area contributed by atoms with Crippen LogP contribution in [0.5, 0.6) is 11.5 Å². The van der Waals surface area contributed by atoms with Gasteiger partial charge in [0.15, 0.2) is 0 Å². The minimum Gasteiger partial charge on any atom is -0.490 e. The fraction of sp³-hybridized carbons (Fsp3) is 0.240. The van der Waals surface area contributed by atoms with E-state index in [0.29, 0.717) is 25.5 Å². The summed E-state index contributed by atoms with van der Waals surface area (Å²) in [7, 11) is 0. The molecule has 0 spiro atoms. The van der Waals surface area contributed by atoms with E-state index < -0.39 is 0 Å². The van der Waals surface area contributed by atoms with Crippen molar-refractivity contribution in [1.82, 2.24) is 0 Å². The van der Waals surface area contributed by atoms with Crippen LogP contribution < -0.4 is 19.7 Å². The van der Waals surface area contributed by atoms with E-state index in [9.17, 15) is 4.79 Å². The maximum atomic E-state index is 12.6. The Kier molecular flexibility index (Phi) is 6.50. The van der Waals surface area contributed by atoms with Gasteiger partial charge in [-0.2, -0.15) is 0 Å². The second-order valence-corrected chi connectivity index (χ2v) is 7.24. The van der Waals surface area contributed by atoms with Crippen molar-refractivity contribution in [3.63, 3.8) is 0 Å². The summed E-state index contributed by atoms with van der Waals surface area (Å²) in [6.45, 7) is 2.12. The monoisotopic (exact) mass is 402 g/mol. The number of anilines is 2. The number of carbonyl (C=O) groups is 1. The summed E-state index contributed by atoms with van der Waals surface area (Å²) < 4.78 is 11.4. The number of nitrogens with zero attached hydrogens (tertiary/aromatic N) is 1. The van der Waals surface area contributed by atoms with E-state index in [-0.39, 0.29) is 5.91 Å². The Morgan fingerprint density at radius 1 is 0.867 bits per heavy atom. The number of fused-ring (bicyclic) bond motifs is 1. The highest BCUT2D eigenvalue weighted by Gasteiger charge is 2.18. The molecule has 4 rings (SSSR count). The number of carbonyl (C=O) groups excluding carboxylic acids is 1. The maximum Gasteiger partial charge on any atom is 0.243 e. The predicted octanol–water partition coefficient (Wildman–Crippen LogP) is 4.54. The first-order chi connectivity index (χ1) is 14.8. The van der Waals surface area contributed by atoms with Crippen LogP contribution in [0, 0.1) is 0 Å². The van der Waals surface area contributed by atoms with E-state index in [4.69, 9.17) is 9.47 Å². The number of benzene rings is 3. The first-order valence-electron chi connectivity index (χ1n) is 10.3. The summed E-state index contributed by atoms with van der Waals surface area (Å²) in [5.41, 5.74) is 3.20. The van der Waals surface area contributed by atoms with Crippen molar-refractivity contribution in [2.24, 2.45) is 0 Å². The quantitative estimate of drug-likeness (QED) is 0.562. The van der Waals surface area contributed by atoms with Crippen LogP contribution in [-0.2, 0) is 11.2 Å². The van der Waals surface area contributed by atoms with Gasteiger partial charge in [-0.3, -0.25) is 4.79 Å². The molecule has 3 aromatic rings. The molecule has 1 aliphatic rings. The normalized spacial score (nSPS) is 12.7. The summed E-state index contributed by atoms with van der Waals surface area (Å²) in [6, 6.07) is 25.4. The van der Waals surface area contributed by atoms with E-state index in [0.717, 1.165) is 36.5 Å². The van der Waals surface area contributed by atoms with Crippen LogP contribution in [0.2, 0.25) is 0 Å². The molecule has 0 aliphatic carbocycles. The number of hydrogen-bond acceptors (Lipinski definition) is 4. The molecule has 0 saturated heterocycles. The Bertz CT molecular complexity index is 975. The summed E-state index contributed by atoms with van der Waals surface area (Å²) in [6.07, 6.45) is 2.14. The fourth-order valence-corrected chi connectivity index (χ4v) is 3.65. The first kappa shape index (κ1) is 19.8. The predicted molar refractivity (Wildman–Crippen MR) is 119 cm³/mol. The number of amides is 1. The van der Waals surface area contributed by atoms with Crippen LogP contribution >= 0.6 is 0 Å². The molecule has 0 unspecified atom stereocenters. The molecule has 0 fully saturated rings. The van der Waals surface area contributed by atoms with Crippen molar-refractivity contribution in [1.29, 1.82) is 0 Å². The molecule has 0 saturated carbocycles. The molecule has 0 bridgehead atoms. The van der Waals surface area contributed by atoms with Gasteiger partial charge in [-0.15, -0.1) is 0 Å². The molecule has 1 aliphatic heterocycles. The van der Waals surface area contributed by atoms with E-state index in [1.54, 1.807) is 0 Å². The highest BCUT2D eigenvalue weighted by Crippen LogP contribution is 2.26. The third-order valence-corrected chi connectivity index (χ3v) is 5.02. The van der Waals surface area contributed by atoms with E-state index >= 15 is 0 Å². The summed E-state index contributed by atoms with van der Waals surface area (Å²) >= 11 is 0. The number of aryl methyl sites for hydroxylation is 1. The molecule has 154 valence electrons. The molecular formula is C25H26N2O3. The van der Waals surface area contributed by atoms with E-state index in [1.807, 2.05) is 60.7 Å². The van der Waals surface area contributed by atoms with Crippen LogP contribution in [0.3, 0.4) is 0 Å². The molecule has 1 heterocycles. The average Bonchev–Trinajstić information content (AvgIpc) is 2.78. The lowest BCUT2D eigenvalue weighted by molar-refractivity contribution is -0.115. The fourth-order valence-electron chi connectivity index (χ4n) is 3.65. The molecule has 0 aromatic heterocycles. The van der Waals surface area contributed by atoms with Crippen LogP contribution in [0.4, 0.5) is 11.4 Å². The molecule has 1 N–H and O–H groups in total. The zero-order chi connectivity index (χ0) is 20.6. The Labute approximate surface area is 177 Å². The molecule has 0 atom stereocenters. The lowest BCUT2D eigenvalue weighted by Gasteiger charge is -2.30. The Hall–Kier alpha value is -3.47. The van der Waals surface area contributed by atoms with Crippen molar-refractivity contribution in [2.45, 2.75) is 12.8 Å². The summed E-state index contributed by atoms with van der Waals surface area (Å²) in [5.74, 6) is 1.49. The van der Waals surface area contributed by atoms with Crippen molar-refractivity contribution in [3.8, 4) is 11.5 Å². The molecular weight excluding hydrogens is 376 g/mol. The molecule has 0 radical (unpaired) electrons. The van der Waals surface area contributed by atoms with E-state index in [2.05, 4.69) is 28.4 Å². The van der Waals surface area contributed by atoms with Gasteiger partial charge in [-0.05, 0) is 48.7 Å². The molecule has 5 nitrogen and oxygen atoms in total. The number of hydrogen-bond donors (Lipinski definition) is 1. The van der Waals surface area contributed by atoms with Crippen LogP contribution in [0.15, 0.2) is 78.9 Å². The lowest BCUT2D eigenvalue weighted by atomic mass is 10.0. The van der Waals surface area contributed by atoms with Crippen molar-refractivity contribution in [2.75, 3.05) is 36.5 Å². The number of rotatable bonds is 8. The number of ether oxygens (including phenoxy) is 2. The van der Waals surface area contributed by atoms with E-state index in [1.165, 1.54) is 5.56 Å². The Morgan fingerprint density at radius 3 is 2.47 bits per heavy atom. The third-order valence-electron chi connectivity index (χ3n) is 5.02. The zero-order valence-electron chi connectivity index (χ0n) is 16.9. The smallest absolute Gasteiger partial charge is 0.243 e. The SMILES string of the molecule is O=C(CN1CCCc2ccccc21)Nc1cccc(OCCOc2ccccc2)c1. The maximum absolute atomic E-state index is 12.6. The summed E-state index contributed by atoms with van der Waals surface area (Å²) in [4.78, 5) is 14.8. The second-order valence-electron chi connectivity index (χ2n) is 7.24. The summed E-state index contributed by atoms with van der Waals surface area (Å²) in [5, 5.41) is 2.98. The van der Waals surface area contributed by atoms with Gasteiger partial charge in [0, 0.05) is 24.0 Å². The topological polar surface area (TPSA) is 50.8 Å². The van der Waals surface area contributed by atoms with Gasteiger partial charge < -0.3 is 19.7 Å². The van der Waals surface area contributed by atoms with Gasteiger partial charge in [0.2, 0.25) is 5.91 Å². The minimum atomic E-state index is -0.0312. The Morgan fingerprint density at radius 2 is 1.60 bits per heavy atom. The van der Waals surface area contributed by atoms with Gasteiger partial charge in [-0.1, -0.05) is 42.5 Å². The standard InChI is InChI=1S/C25H26N2O3/c28-25(19-27-15-7-9-20-8-4-5-14-24(20)27)26-21-10-6-13-23(18-21)30-17-16-29-22-11-2-1-3-12-22/h1-6,8,10-14,18H,7,9,15-17,19H2,(H,26,28). The second kappa shape index (κ2) is 9.83.